The summed E-state index contributed by atoms with van der Waals surface area (Å²) in [6.07, 6.45) is 2.38. The van der Waals surface area contributed by atoms with Crippen LogP contribution in [-0.4, -0.2) is 43.8 Å². The van der Waals surface area contributed by atoms with E-state index in [2.05, 4.69) is 30.5 Å². The molecular weight excluding hydrogens is 691 g/mol. The van der Waals surface area contributed by atoms with Crippen molar-refractivity contribution < 1.29 is 31.6 Å². The molecule has 6 aromatic rings. The van der Waals surface area contributed by atoms with Crippen LogP contribution in [0.2, 0.25) is 10.0 Å². The first-order chi connectivity index (χ1) is 23.6. The Balaban J connectivity index is 0.000000182. The molecule has 252 valence electrons. The number of halogens is 6. The monoisotopic (exact) mass is 714 g/mol. The average molecular weight is 715 g/mol. The van der Waals surface area contributed by atoms with Crippen LogP contribution in [-0.2, 0) is 4.74 Å². The Labute approximate surface area is 286 Å². The molecule has 2 heterocycles. The number of hydrogen-bond acceptors (Lipinski definition) is 9. The Morgan fingerprint density at radius 3 is 2.14 bits per heavy atom. The Morgan fingerprint density at radius 2 is 1.53 bits per heavy atom. The number of hydrogen-bond donors (Lipinski definition) is 2. The molecule has 0 atom stereocenters. The number of carbonyl (C=O) groups is 1. The van der Waals surface area contributed by atoms with Crippen molar-refractivity contribution in [2.45, 2.75) is 6.92 Å². The molecule has 0 aliphatic carbocycles. The van der Waals surface area contributed by atoms with Crippen molar-refractivity contribution in [2.24, 2.45) is 4.99 Å². The van der Waals surface area contributed by atoms with Gasteiger partial charge in [0, 0.05) is 0 Å². The zero-order valence-corrected chi connectivity index (χ0v) is 26.7. The first-order valence-corrected chi connectivity index (χ1v) is 14.7. The van der Waals surface area contributed by atoms with E-state index in [9.17, 15) is 22.4 Å². The van der Waals surface area contributed by atoms with E-state index < -0.39 is 34.9 Å². The Morgan fingerprint density at radius 1 is 0.918 bits per heavy atom. The quantitative estimate of drug-likeness (QED) is 0.0730. The van der Waals surface area contributed by atoms with E-state index in [4.69, 9.17) is 38.2 Å². The molecule has 0 radical (unpaired) electrons. The Kier molecular flexibility index (Phi) is 12.8. The SMILES string of the molecule is CCOC=Nc1noc(-c2ccccc2Cl)n1.Nc1c(F)cccc1F.O=C(Nc1ncn(-c2c(F)cccc2F)n1)c1ccccc1Cl. The highest BCUT2D eigenvalue weighted by atomic mass is 35.5. The Hall–Kier alpha value is -5.80. The number of para-hydroxylation sites is 2. The van der Waals surface area contributed by atoms with Crippen molar-refractivity contribution in [2.75, 3.05) is 17.7 Å². The molecule has 6 rings (SSSR count). The normalized spacial score (nSPS) is 10.5. The van der Waals surface area contributed by atoms with Gasteiger partial charge in [-0.1, -0.05) is 59.6 Å². The van der Waals surface area contributed by atoms with Gasteiger partial charge in [0.25, 0.3) is 17.7 Å². The summed E-state index contributed by atoms with van der Waals surface area (Å²) in [5, 5.41) is 10.8. The van der Waals surface area contributed by atoms with E-state index in [0.717, 1.165) is 35.3 Å². The highest BCUT2D eigenvalue weighted by Gasteiger charge is 2.16. The molecule has 0 saturated carbocycles. The van der Waals surface area contributed by atoms with Crippen LogP contribution >= 0.6 is 23.2 Å². The van der Waals surface area contributed by atoms with E-state index in [1.165, 1.54) is 24.6 Å². The fraction of sp³-hybridized carbons (Fsp3) is 0.0625. The summed E-state index contributed by atoms with van der Waals surface area (Å²) >= 11 is 11.9. The van der Waals surface area contributed by atoms with Gasteiger partial charge in [-0.3, -0.25) is 10.1 Å². The van der Waals surface area contributed by atoms with Crippen LogP contribution < -0.4 is 11.1 Å². The number of anilines is 2. The molecule has 0 bridgehead atoms. The van der Waals surface area contributed by atoms with Gasteiger partial charge in [-0.05, 0) is 60.6 Å². The van der Waals surface area contributed by atoms with Gasteiger partial charge in [0.1, 0.15) is 29.3 Å². The molecule has 0 aliphatic heterocycles. The largest absolute Gasteiger partial charge is 0.483 e. The van der Waals surface area contributed by atoms with Crippen molar-refractivity contribution in [3.8, 4) is 17.1 Å². The predicted octanol–water partition coefficient (Wildman–Crippen LogP) is 8.08. The van der Waals surface area contributed by atoms with Gasteiger partial charge >= 0.3 is 0 Å². The van der Waals surface area contributed by atoms with Crippen molar-refractivity contribution in [1.29, 1.82) is 0 Å². The lowest BCUT2D eigenvalue weighted by Crippen LogP contribution is -2.14. The third-order valence-electron chi connectivity index (χ3n) is 5.93. The lowest BCUT2D eigenvalue weighted by Gasteiger charge is -2.04. The molecule has 0 aliphatic rings. The third-order valence-corrected chi connectivity index (χ3v) is 6.59. The van der Waals surface area contributed by atoms with Gasteiger partial charge < -0.3 is 15.0 Å². The number of aliphatic imine (C=N–C) groups is 1. The number of nitrogen functional groups attached to an aromatic ring is 1. The van der Waals surface area contributed by atoms with Crippen LogP contribution in [0, 0.1) is 23.3 Å². The van der Waals surface area contributed by atoms with Crippen LogP contribution in [0.15, 0.2) is 101 Å². The second-order valence-corrected chi connectivity index (χ2v) is 10.0. The molecule has 0 fully saturated rings. The maximum atomic E-state index is 13.7. The Bertz CT molecular complexity index is 2020. The topological polar surface area (TPSA) is 146 Å². The van der Waals surface area contributed by atoms with E-state index in [1.54, 1.807) is 30.3 Å². The second kappa shape index (κ2) is 17.4. The van der Waals surface area contributed by atoms with Gasteiger partial charge in [-0.25, -0.2) is 22.2 Å². The maximum absolute atomic E-state index is 13.7. The van der Waals surface area contributed by atoms with Crippen LogP contribution in [0.5, 0.6) is 0 Å². The lowest BCUT2D eigenvalue weighted by atomic mass is 10.2. The number of nitrogens with two attached hydrogens (primary N) is 1. The summed E-state index contributed by atoms with van der Waals surface area (Å²) in [5.41, 5.74) is 5.05. The molecule has 3 N–H and O–H groups in total. The van der Waals surface area contributed by atoms with Crippen molar-refractivity contribution in [3.05, 3.63) is 130 Å². The average Bonchev–Trinajstić information content (AvgIpc) is 3.75. The fourth-order valence-electron chi connectivity index (χ4n) is 3.63. The van der Waals surface area contributed by atoms with Gasteiger partial charge in [-0.15, -0.1) is 5.10 Å². The van der Waals surface area contributed by atoms with E-state index in [1.807, 2.05) is 19.1 Å². The summed E-state index contributed by atoms with van der Waals surface area (Å²) in [6, 6.07) is 20.6. The first-order valence-electron chi connectivity index (χ1n) is 13.9. The molecule has 17 heteroatoms. The minimum absolute atomic E-state index is 0.0995. The minimum atomic E-state index is -0.793. The molecule has 4 aromatic carbocycles. The smallest absolute Gasteiger partial charge is 0.292 e. The maximum Gasteiger partial charge on any atom is 0.292 e. The molecule has 0 spiro atoms. The second-order valence-electron chi connectivity index (χ2n) is 9.22. The van der Waals surface area contributed by atoms with Crippen LogP contribution in [0.25, 0.3) is 17.1 Å². The first kappa shape index (κ1) is 36.0. The standard InChI is InChI=1S/C15H9ClF2N4O.C11H10ClN3O2.C6H5F2N/c16-10-5-2-1-4-9(10)14(23)20-15-19-8-22(21-15)13-11(17)6-3-7-12(13)18;1-2-16-7-13-11-14-10(17-15-11)8-5-3-4-6-9(8)12;7-4-2-1-3-5(8)6(4)9/h1-8H,(H,20,21,23);3-7H,2H2,1H3;1-3H,9H2. The van der Waals surface area contributed by atoms with Crippen molar-refractivity contribution in [3.63, 3.8) is 0 Å². The summed E-state index contributed by atoms with van der Waals surface area (Å²) in [7, 11) is 0. The van der Waals surface area contributed by atoms with Crippen LogP contribution in [0.1, 0.15) is 17.3 Å². The third kappa shape index (κ3) is 9.85. The van der Waals surface area contributed by atoms with Crippen molar-refractivity contribution in [1.82, 2.24) is 24.9 Å². The number of rotatable bonds is 7. The van der Waals surface area contributed by atoms with E-state index >= 15 is 0 Å². The zero-order chi connectivity index (χ0) is 35.3. The van der Waals surface area contributed by atoms with Gasteiger partial charge in [0.2, 0.25) is 5.95 Å². The lowest BCUT2D eigenvalue weighted by molar-refractivity contribution is 0.102. The summed E-state index contributed by atoms with van der Waals surface area (Å²) in [6.45, 7) is 2.40. The fourth-order valence-corrected chi connectivity index (χ4v) is 4.07. The molecule has 1 amide bonds. The molecule has 0 unspecified atom stereocenters. The van der Waals surface area contributed by atoms with Gasteiger partial charge in [0.05, 0.1) is 27.8 Å². The van der Waals surface area contributed by atoms with Crippen LogP contribution in [0.4, 0.5) is 35.1 Å². The van der Waals surface area contributed by atoms with Gasteiger partial charge in [-0.2, -0.15) is 15.0 Å². The minimum Gasteiger partial charge on any atom is -0.483 e. The van der Waals surface area contributed by atoms with E-state index in [0.29, 0.717) is 23.1 Å². The number of nitrogens with zero attached hydrogens (tertiary/aromatic N) is 6. The number of carbonyl (C=O) groups excluding carboxylic acids is 1. The van der Waals surface area contributed by atoms with Gasteiger partial charge in [0.15, 0.2) is 18.0 Å². The highest BCUT2D eigenvalue weighted by molar-refractivity contribution is 6.34. The predicted molar refractivity (Wildman–Crippen MR) is 176 cm³/mol. The molecule has 11 nitrogen and oxygen atoms in total. The summed E-state index contributed by atoms with van der Waals surface area (Å²) in [5.74, 6) is -3.10. The zero-order valence-electron chi connectivity index (χ0n) is 25.2. The van der Waals surface area contributed by atoms with Crippen LogP contribution in [0.3, 0.4) is 0 Å². The number of ether oxygens (including phenoxy) is 1. The molecule has 0 saturated heterocycles. The number of nitrogens with one attached hydrogen (secondary N) is 1. The summed E-state index contributed by atoms with van der Waals surface area (Å²) < 4.78 is 62.7. The summed E-state index contributed by atoms with van der Waals surface area (Å²) in [4.78, 5) is 23.8. The highest BCUT2D eigenvalue weighted by Crippen LogP contribution is 2.27. The van der Waals surface area contributed by atoms with E-state index in [-0.39, 0.29) is 28.2 Å². The number of benzene rings is 4. The van der Waals surface area contributed by atoms with Crippen molar-refractivity contribution >= 4 is 53.1 Å². The molecular formula is C32H24Cl2F4N8O3. The number of aromatic nitrogens is 5. The molecule has 49 heavy (non-hydrogen) atoms. The molecule has 2 aromatic heterocycles. The number of amides is 1.